The normalized spacial score (nSPS) is 10.1. The molecule has 2 amide bonds. The molecule has 100 valence electrons. The van der Waals surface area contributed by atoms with Gasteiger partial charge in [-0.2, -0.15) is 0 Å². The molecule has 18 heavy (non-hydrogen) atoms. The van der Waals surface area contributed by atoms with Gasteiger partial charge in [-0.3, -0.25) is 20.4 Å². The first kappa shape index (κ1) is 14.7. The molecule has 1 heterocycles. The molecule has 1 rings (SSSR count). The predicted octanol–water partition coefficient (Wildman–Crippen LogP) is 2.79. The zero-order valence-electron chi connectivity index (χ0n) is 10.9. The smallest absolute Gasteiger partial charge is 0.273 e. The third-order valence-corrected chi connectivity index (χ3v) is 3.54. The highest BCUT2D eigenvalue weighted by Gasteiger charge is 2.08. The first-order chi connectivity index (χ1) is 8.63. The lowest BCUT2D eigenvalue weighted by molar-refractivity contribution is -0.121. The third-order valence-electron chi connectivity index (χ3n) is 2.54. The molecule has 1 aromatic rings. The molecule has 0 aliphatic carbocycles. The van der Waals surface area contributed by atoms with Crippen LogP contribution in [0.4, 0.5) is 0 Å². The summed E-state index contributed by atoms with van der Waals surface area (Å²) in [6, 6.07) is 3.63. The molecule has 0 radical (unpaired) electrons. The molecule has 5 heteroatoms. The SMILES string of the molecule is CCCCCCC(=O)NNC(=O)c1ccc(C)s1. The summed E-state index contributed by atoms with van der Waals surface area (Å²) in [6.07, 6.45) is 4.68. The molecule has 0 spiro atoms. The van der Waals surface area contributed by atoms with Gasteiger partial charge in [0.2, 0.25) is 5.91 Å². The second-order valence-corrected chi connectivity index (χ2v) is 5.51. The first-order valence-electron chi connectivity index (χ1n) is 6.29. The number of nitrogens with one attached hydrogen (secondary N) is 2. The Hall–Kier alpha value is -1.36. The van der Waals surface area contributed by atoms with Crippen molar-refractivity contribution in [1.82, 2.24) is 10.9 Å². The number of hydrogen-bond acceptors (Lipinski definition) is 3. The van der Waals surface area contributed by atoms with E-state index < -0.39 is 0 Å². The molecule has 2 N–H and O–H groups in total. The summed E-state index contributed by atoms with van der Waals surface area (Å²) in [4.78, 5) is 24.7. The van der Waals surface area contributed by atoms with Crippen molar-refractivity contribution in [1.29, 1.82) is 0 Å². The van der Waals surface area contributed by atoms with Gasteiger partial charge in [-0.15, -0.1) is 11.3 Å². The zero-order chi connectivity index (χ0) is 13.4. The molecular formula is C13H20N2O2S. The van der Waals surface area contributed by atoms with Crippen molar-refractivity contribution < 1.29 is 9.59 Å². The topological polar surface area (TPSA) is 58.2 Å². The minimum Gasteiger partial charge on any atom is -0.273 e. The molecule has 1 aromatic heterocycles. The number of hydrogen-bond donors (Lipinski definition) is 2. The highest BCUT2D eigenvalue weighted by atomic mass is 32.1. The Morgan fingerprint density at radius 3 is 2.56 bits per heavy atom. The monoisotopic (exact) mass is 268 g/mol. The summed E-state index contributed by atoms with van der Waals surface area (Å²) < 4.78 is 0. The number of hydrazine groups is 1. The van der Waals surface area contributed by atoms with E-state index >= 15 is 0 Å². The van der Waals surface area contributed by atoms with Gasteiger partial charge in [0.05, 0.1) is 4.88 Å². The average molecular weight is 268 g/mol. The second-order valence-electron chi connectivity index (χ2n) is 4.22. The molecule has 0 saturated carbocycles. The highest BCUT2D eigenvalue weighted by molar-refractivity contribution is 7.13. The van der Waals surface area contributed by atoms with E-state index in [9.17, 15) is 9.59 Å². The quantitative estimate of drug-likeness (QED) is 0.615. The zero-order valence-corrected chi connectivity index (χ0v) is 11.7. The molecule has 0 fully saturated rings. The van der Waals surface area contributed by atoms with Crippen LogP contribution in [0.3, 0.4) is 0 Å². The van der Waals surface area contributed by atoms with Crippen LogP contribution in [-0.2, 0) is 4.79 Å². The second kappa shape index (κ2) is 7.87. The largest absolute Gasteiger partial charge is 0.279 e. The van der Waals surface area contributed by atoms with Crippen LogP contribution >= 0.6 is 11.3 Å². The number of rotatable bonds is 6. The van der Waals surface area contributed by atoms with Gasteiger partial charge in [-0.05, 0) is 25.5 Å². The van der Waals surface area contributed by atoms with Crippen LogP contribution in [-0.4, -0.2) is 11.8 Å². The molecule has 0 atom stereocenters. The number of amides is 2. The standard InChI is InChI=1S/C13H20N2O2S/c1-3-4-5-6-7-12(16)14-15-13(17)11-9-8-10(2)18-11/h8-9H,3-7H2,1-2H3,(H,14,16)(H,15,17). The maximum atomic E-state index is 11.6. The number of thiophene rings is 1. The van der Waals surface area contributed by atoms with Crippen molar-refractivity contribution >= 4 is 23.2 Å². The Balaban J connectivity index is 2.20. The number of unbranched alkanes of at least 4 members (excludes halogenated alkanes) is 3. The molecule has 0 bridgehead atoms. The maximum absolute atomic E-state index is 11.6. The highest BCUT2D eigenvalue weighted by Crippen LogP contribution is 2.14. The van der Waals surface area contributed by atoms with Crippen LogP contribution in [0.2, 0.25) is 0 Å². The van der Waals surface area contributed by atoms with Gasteiger partial charge in [0.1, 0.15) is 0 Å². The molecule has 0 aliphatic heterocycles. The lowest BCUT2D eigenvalue weighted by atomic mass is 10.1. The number of carbonyl (C=O) groups is 2. The van der Waals surface area contributed by atoms with Gasteiger partial charge in [-0.25, -0.2) is 0 Å². The summed E-state index contributed by atoms with van der Waals surface area (Å²) >= 11 is 1.41. The van der Waals surface area contributed by atoms with E-state index in [1.165, 1.54) is 11.3 Å². The van der Waals surface area contributed by atoms with Crippen LogP contribution in [0, 0.1) is 6.92 Å². The number of aryl methyl sites for hydroxylation is 1. The van der Waals surface area contributed by atoms with E-state index in [4.69, 9.17) is 0 Å². The van der Waals surface area contributed by atoms with Crippen LogP contribution in [0.15, 0.2) is 12.1 Å². The average Bonchev–Trinajstić information content (AvgIpc) is 2.78. The summed E-state index contributed by atoms with van der Waals surface area (Å²) in [5, 5.41) is 0. The van der Waals surface area contributed by atoms with E-state index in [1.54, 1.807) is 6.07 Å². The van der Waals surface area contributed by atoms with Crippen molar-refractivity contribution in [2.45, 2.75) is 46.0 Å². The van der Waals surface area contributed by atoms with Crippen LogP contribution in [0.5, 0.6) is 0 Å². The van der Waals surface area contributed by atoms with Gasteiger partial charge < -0.3 is 0 Å². The summed E-state index contributed by atoms with van der Waals surface area (Å²) in [6.45, 7) is 4.07. The Labute approximate surface area is 112 Å². The molecule has 0 aromatic carbocycles. The molecule has 0 saturated heterocycles. The predicted molar refractivity (Wildman–Crippen MR) is 73.4 cm³/mol. The lowest BCUT2D eigenvalue weighted by Crippen LogP contribution is -2.41. The van der Waals surface area contributed by atoms with Crippen molar-refractivity contribution in [3.63, 3.8) is 0 Å². The van der Waals surface area contributed by atoms with E-state index in [2.05, 4.69) is 17.8 Å². The number of carbonyl (C=O) groups excluding carboxylic acids is 2. The Bertz CT molecular complexity index is 401. The molecule has 0 unspecified atom stereocenters. The van der Waals surface area contributed by atoms with Crippen LogP contribution in [0.1, 0.15) is 53.6 Å². The van der Waals surface area contributed by atoms with E-state index in [-0.39, 0.29) is 11.8 Å². The maximum Gasteiger partial charge on any atom is 0.279 e. The summed E-state index contributed by atoms with van der Waals surface area (Å²) in [5.41, 5.74) is 4.86. The fourth-order valence-electron chi connectivity index (χ4n) is 1.52. The Kier molecular flexibility index (Phi) is 6.43. The minimum absolute atomic E-state index is 0.132. The lowest BCUT2D eigenvalue weighted by Gasteiger charge is -2.05. The third kappa shape index (κ3) is 5.31. The fourth-order valence-corrected chi connectivity index (χ4v) is 2.28. The Morgan fingerprint density at radius 2 is 1.94 bits per heavy atom. The van der Waals surface area contributed by atoms with Gasteiger partial charge in [0.15, 0.2) is 0 Å². The fraction of sp³-hybridized carbons (Fsp3) is 0.538. The van der Waals surface area contributed by atoms with E-state index in [0.29, 0.717) is 11.3 Å². The summed E-state index contributed by atoms with van der Waals surface area (Å²) in [7, 11) is 0. The van der Waals surface area contributed by atoms with Gasteiger partial charge >= 0.3 is 0 Å². The van der Waals surface area contributed by atoms with Gasteiger partial charge in [0, 0.05) is 11.3 Å². The molecular weight excluding hydrogens is 248 g/mol. The molecule has 4 nitrogen and oxygen atoms in total. The van der Waals surface area contributed by atoms with Crippen LogP contribution in [0.25, 0.3) is 0 Å². The van der Waals surface area contributed by atoms with Crippen molar-refractivity contribution in [2.75, 3.05) is 0 Å². The van der Waals surface area contributed by atoms with Gasteiger partial charge in [0.25, 0.3) is 5.91 Å². The van der Waals surface area contributed by atoms with Crippen molar-refractivity contribution in [3.05, 3.63) is 21.9 Å². The Morgan fingerprint density at radius 1 is 1.17 bits per heavy atom. The van der Waals surface area contributed by atoms with E-state index in [1.807, 2.05) is 13.0 Å². The van der Waals surface area contributed by atoms with Crippen LogP contribution < -0.4 is 10.9 Å². The van der Waals surface area contributed by atoms with Gasteiger partial charge in [-0.1, -0.05) is 26.2 Å². The minimum atomic E-state index is -0.255. The van der Waals surface area contributed by atoms with E-state index in [0.717, 1.165) is 30.6 Å². The molecule has 0 aliphatic rings. The first-order valence-corrected chi connectivity index (χ1v) is 7.10. The van der Waals surface area contributed by atoms with Crippen molar-refractivity contribution in [2.24, 2.45) is 0 Å². The summed E-state index contributed by atoms with van der Waals surface area (Å²) in [5.74, 6) is -0.386. The van der Waals surface area contributed by atoms with Crippen molar-refractivity contribution in [3.8, 4) is 0 Å².